The van der Waals surface area contributed by atoms with Crippen LogP contribution in [0.25, 0.3) is 21.7 Å². The van der Waals surface area contributed by atoms with E-state index in [1.54, 1.807) is 49.4 Å². The van der Waals surface area contributed by atoms with Gasteiger partial charge in [-0.25, -0.2) is 16.4 Å². The summed E-state index contributed by atoms with van der Waals surface area (Å²) in [5, 5.41) is 16.1. The number of hydrogen-bond donors (Lipinski definition) is 0. The van der Waals surface area contributed by atoms with Gasteiger partial charge in [-0.05, 0) is 49.4 Å². The molecule has 0 fully saturated rings. The van der Waals surface area contributed by atoms with Crippen molar-refractivity contribution in [2.75, 3.05) is 13.7 Å². The van der Waals surface area contributed by atoms with Gasteiger partial charge in [0, 0.05) is 5.56 Å². The zero-order valence-electron chi connectivity index (χ0n) is 17.7. The van der Waals surface area contributed by atoms with Crippen molar-refractivity contribution < 1.29 is 19.1 Å². The highest BCUT2D eigenvalue weighted by atomic mass is 16.5. The number of esters is 1. The minimum atomic E-state index is -1.34. The molecule has 0 aliphatic carbocycles. The Bertz CT molecular complexity index is 1420. The molecule has 0 amide bonds. The van der Waals surface area contributed by atoms with Crippen molar-refractivity contribution in [3.63, 3.8) is 0 Å². The van der Waals surface area contributed by atoms with Crippen molar-refractivity contribution in [1.82, 2.24) is 19.6 Å². The molecule has 0 bridgehead atoms. The molecule has 33 heavy (non-hydrogen) atoms. The summed E-state index contributed by atoms with van der Waals surface area (Å²) in [7, 11) is 1.52. The van der Waals surface area contributed by atoms with E-state index in [0.717, 1.165) is 0 Å². The second-order valence-electron chi connectivity index (χ2n) is 6.68. The number of ketones is 1. The number of ether oxygens (including phenoxy) is 2. The van der Waals surface area contributed by atoms with Crippen LogP contribution in [0.1, 0.15) is 27.8 Å². The van der Waals surface area contributed by atoms with E-state index in [4.69, 9.17) is 16.0 Å². The van der Waals surface area contributed by atoms with Crippen LogP contribution < -0.4 is 4.74 Å². The largest absolute Gasteiger partial charge is 0.497 e. The summed E-state index contributed by atoms with van der Waals surface area (Å²) in [6.45, 7) is 9.28. The van der Waals surface area contributed by atoms with Gasteiger partial charge in [0.2, 0.25) is 0 Å². The number of Topliss-reactive ketones (excluding diaryl/α,β-unsaturated/α-hetero) is 1. The van der Waals surface area contributed by atoms with E-state index in [1.807, 2.05) is 0 Å². The van der Waals surface area contributed by atoms with E-state index in [9.17, 15) is 9.59 Å². The molecule has 11 heteroatoms. The molecule has 0 radical (unpaired) electrons. The number of imidazole rings is 1. The van der Waals surface area contributed by atoms with Crippen molar-refractivity contribution in [2.24, 2.45) is 10.2 Å². The molecule has 2 heterocycles. The van der Waals surface area contributed by atoms with Crippen LogP contribution in [-0.2, 0) is 4.74 Å². The Balaban J connectivity index is 1.68. The highest BCUT2D eigenvalue weighted by Gasteiger charge is 2.24. The minimum Gasteiger partial charge on any atom is -0.497 e. The van der Waals surface area contributed by atoms with E-state index < -0.39 is 17.9 Å². The van der Waals surface area contributed by atoms with Gasteiger partial charge in [-0.2, -0.15) is 0 Å². The average Bonchev–Trinajstić information content (AvgIpc) is 3.29. The zero-order valence-corrected chi connectivity index (χ0v) is 17.7. The second kappa shape index (κ2) is 9.19. The number of carbonyl (C=O) groups excluding carboxylic acids is 2. The molecule has 2 aromatic heterocycles. The fraction of sp³-hybridized carbons (Fsp3) is 0.182. The maximum atomic E-state index is 12.6. The van der Waals surface area contributed by atoms with Crippen molar-refractivity contribution in [2.45, 2.75) is 13.1 Å². The maximum Gasteiger partial charge on any atom is 0.395 e. The number of fused-ring (bicyclic) bond motifs is 3. The van der Waals surface area contributed by atoms with Crippen LogP contribution >= 0.6 is 0 Å². The molecule has 0 N–H and O–H groups in total. The van der Waals surface area contributed by atoms with Crippen LogP contribution in [0.15, 0.2) is 58.9 Å². The molecule has 0 aliphatic rings. The summed E-state index contributed by atoms with van der Waals surface area (Å²) >= 11 is 0. The van der Waals surface area contributed by atoms with Crippen LogP contribution in [0.4, 0.5) is 5.69 Å². The fourth-order valence-corrected chi connectivity index (χ4v) is 3.10. The number of aromatic nitrogens is 4. The number of nitrogens with zero attached hydrogens (tertiary/aromatic N) is 7. The summed E-state index contributed by atoms with van der Waals surface area (Å²) in [5.41, 5.74) is 1.86. The monoisotopic (exact) mass is 443 g/mol. The van der Waals surface area contributed by atoms with Gasteiger partial charge in [0.15, 0.2) is 5.69 Å². The molecule has 0 spiro atoms. The first-order chi connectivity index (χ1) is 16.0. The second-order valence-corrected chi connectivity index (χ2v) is 6.68. The van der Waals surface area contributed by atoms with Crippen LogP contribution in [0, 0.1) is 6.57 Å². The Kier molecular flexibility index (Phi) is 5.99. The average molecular weight is 443 g/mol. The Morgan fingerprint density at radius 1 is 1.18 bits per heavy atom. The third-order valence-corrected chi connectivity index (χ3v) is 4.69. The molecule has 0 aliphatic heterocycles. The normalized spacial score (nSPS) is 12.0. The quantitative estimate of drug-likeness (QED) is 0.185. The van der Waals surface area contributed by atoms with Crippen LogP contribution in [0.2, 0.25) is 0 Å². The van der Waals surface area contributed by atoms with Gasteiger partial charge in [0.25, 0.3) is 11.6 Å². The number of benzene rings is 2. The first kappa shape index (κ1) is 21.5. The molecule has 4 rings (SSSR count). The number of methoxy groups -OCH3 is 1. The Morgan fingerprint density at radius 3 is 2.67 bits per heavy atom. The summed E-state index contributed by atoms with van der Waals surface area (Å²) in [6.07, 6.45) is 0.0195. The van der Waals surface area contributed by atoms with Gasteiger partial charge in [-0.15, -0.1) is 15.3 Å². The summed E-state index contributed by atoms with van der Waals surface area (Å²) in [5.74, 6) is -0.220. The Morgan fingerprint density at radius 2 is 1.97 bits per heavy atom. The Labute approximate surface area is 187 Å². The molecule has 0 saturated heterocycles. The van der Waals surface area contributed by atoms with Gasteiger partial charge in [0.1, 0.15) is 11.3 Å². The van der Waals surface area contributed by atoms with E-state index in [0.29, 0.717) is 28.0 Å². The van der Waals surface area contributed by atoms with Crippen LogP contribution in [0.3, 0.4) is 0 Å². The molecule has 1 atom stereocenters. The van der Waals surface area contributed by atoms with Gasteiger partial charge in [-0.3, -0.25) is 14.0 Å². The van der Waals surface area contributed by atoms with E-state index in [2.05, 4.69) is 30.3 Å². The Hall–Kier alpha value is -4.72. The lowest BCUT2D eigenvalue weighted by Crippen LogP contribution is -2.14. The number of carbonyl (C=O) groups is 2. The molecule has 2 aromatic carbocycles. The highest BCUT2D eigenvalue weighted by Crippen LogP contribution is 2.23. The molecule has 11 nitrogen and oxygen atoms in total. The minimum absolute atomic E-state index is 0.189. The van der Waals surface area contributed by atoms with Gasteiger partial charge in [0.05, 0.1) is 31.1 Å². The lowest BCUT2D eigenvalue weighted by molar-refractivity contribution is 0.0518. The maximum absolute atomic E-state index is 12.6. The van der Waals surface area contributed by atoms with E-state index in [1.165, 1.54) is 17.7 Å². The third-order valence-electron chi connectivity index (χ3n) is 4.69. The van der Waals surface area contributed by atoms with Gasteiger partial charge < -0.3 is 9.47 Å². The SMILES string of the molecule is [C-]#[N+]C(/N=N/c1ccc2nnc3ncc(C(=O)OCC)n3c2c1)C(=O)c1ccc(OC)cc1. The third kappa shape index (κ3) is 4.22. The molecule has 164 valence electrons. The lowest BCUT2D eigenvalue weighted by Gasteiger charge is -2.05. The zero-order chi connectivity index (χ0) is 23.4. The number of rotatable bonds is 7. The summed E-state index contributed by atoms with van der Waals surface area (Å²) in [4.78, 5) is 32.3. The molecule has 4 aromatic rings. The molecule has 1 unspecified atom stereocenters. The number of azo groups is 1. The summed E-state index contributed by atoms with van der Waals surface area (Å²) in [6, 6.07) is 11.3. The van der Waals surface area contributed by atoms with Crippen molar-refractivity contribution >= 4 is 34.3 Å². The predicted molar refractivity (Wildman–Crippen MR) is 116 cm³/mol. The van der Waals surface area contributed by atoms with Crippen LogP contribution in [0.5, 0.6) is 5.75 Å². The van der Waals surface area contributed by atoms with Gasteiger partial charge in [-0.1, -0.05) is 5.11 Å². The first-order valence-corrected chi connectivity index (χ1v) is 9.82. The number of hydrogen-bond acceptors (Lipinski definition) is 9. The first-order valence-electron chi connectivity index (χ1n) is 9.82. The molecular weight excluding hydrogens is 426 g/mol. The van der Waals surface area contributed by atoms with Crippen molar-refractivity contribution in [1.29, 1.82) is 0 Å². The molecular formula is C22H17N7O4. The summed E-state index contributed by atoms with van der Waals surface area (Å²) < 4.78 is 11.7. The predicted octanol–water partition coefficient (Wildman–Crippen LogP) is 3.67. The standard InChI is InChI=1S/C22H17N7O4/c1-4-33-21(31)18-12-24-22-28-26-16-10-7-14(11-17(16)29(18)22)25-27-20(23-2)19(30)13-5-8-15(32-3)9-6-13/h5-12,20H,4H2,1,3H3/b27-25+. The van der Waals surface area contributed by atoms with Crippen molar-refractivity contribution in [3.05, 3.63) is 71.3 Å². The highest BCUT2D eigenvalue weighted by molar-refractivity contribution is 6.01. The van der Waals surface area contributed by atoms with Crippen molar-refractivity contribution in [3.8, 4) is 5.75 Å². The van der Waals surface area contributed by atoms with Crippen LogP contribution in [-0.4, -0.2) is 51.2 Å². The lowest BCUT2D eigenvalue weighted by atomic mass is 10.1. The molecule has 0 saturated carbocycles. The fourth-order valence-electron chi connectivity index (χ4n) is 3.10. The topological polar surface area (TPSA) is 125 Å². The van der Waals surface area contributed by atoms with E-state index in [-0.39, 0.29) is 18.1 Å². The van der Waals surface area contributed by atoms with Gasteiger partial charge >= 0.3 is 12.1 Å². The van der Waals surface area contributed by atoms with E-state index >= 15 is 0 Å². The smallest absolute Gasteiger partial charge is 0.395 e.